The Bertz CT molecular complexity index is 661. The fourth-order valence-electron chi connectivity index (χ4n) is 4.82. The average Bonchev–Trinajstić information content (AvgIpc) is 3.09. The second kappa shape index (κ2) is 9.59. The number of amides is 2. The number of piperidine rings is 1. The minimum absolute atomic E-state index is 0. The van der Waals surface area contributed by atoms with Crippen LogP contribution in [0.2, 0.25) is 0 Å². The summed E-state index contributed by atoms with van der Waals surface area (Å²) in [5.41, 5.74) is 1.53. The van der Waals surface area contributed by atoms with Crippen LogP contribution in [0.1, 0.15) is 56.9 Å². The highest BCUT2D eigenvalue weighted by Gasteiger charge is 2.57. The first-order valence-electron chi connectivity index (χ1n) is 10.5. The van der Waals surface area contributed by atoms with Gasteiger partial charge in [-0.1, -0.05) is 12.8 Å². The van der Waals surface area contributed by atoms with Crippen molar-refractivity contribution < 1.29 is 9.59 Å². The Labute approximate surface area is 178 Å². The monoisotopic (exact) mass is 425 g/mol. The van der Waals surface area contributed by atoms with E-state index in [1.165, 1.54) is 5.56 Å². The van der Waals surface area contributed by atoms with Crippen LogP contribution in [0.15, 0.2) is 16.8 Å². The molecular formula is C21H32ClN3O2S. The molecule has 156 valence electrons. The average molecular weight is 426 g/mol. The second-order valence-corrected chi connectivity index (χ2v) is 9.25. The van der Waals surface area contributed by atoms with E-state index in [0.29, 0.717) is 24.4 Å². The molecule has 0 aromatic carbocycles. The van der Waals surface area contributed by atoms with Crippen molar-refractivity contribution in [3.8, 4) is 0 Å². The van der Waals surface area contributed by atoms with Crippen LogP contribution >= 0.6 is 23.7 Å². The lowest BCUT2D eigenvalue weighted by Crippen LogP contribution is -2.46. The van der Waals surface area contributed by atoms with Crippen LogP contribution in [0.5, 0.6) is 0 Å². The smallest absolute Gasteiger partial charge is 0.242 e. The van der Waals surface area contributed by atoms with Crippen molar-refractivity contribution in [2.45, 2.75) is 64.0 Å². The van der Waals surface area contributed by atoms with Crippen LogP contribution < -0.4 is 5.32 Å². The summed E-state index contributed by atoms with van der Waals surface area (Å²) in [5.74, 6) is 0.293. The zero-order chi connectivity index (χ0) is 18.7. The SMILES string of the molecule is Cl.O=C1CCCCCCN1CC(=O)N(Cc1ccsc1)C1CC12CCNCC2. The second-order valence-electron chi connectivity index (χ2n) is 8.47. The highest BCUT2D eigenvalue weighted by atomic mass is 35.5. The van der Waals surface area contributed by atoms with Crippen molar-refractivity contribution in [1.82, 2.24) is 15.1 Å². The molecule has 3 heterocycles. The molecule has 0 bridgehead atoms. The molecule has 1 aromatic heterocycles. The van der Waals surface area contributed by atoms with Crippen molar-refractivity contribution in [2.75, 3.05) is 26.2 Å². The molecule has 1 N–H and O–H groups in total. The van der Waals surface area contributed by atoms with E-state index in [4.69, 9.17) is 0 Å². The minimum Gasteiger partial charge on any atom is -0.333 e. The number of hydrogen-bond donors (Lipinski definition) is 1. The fraction of sp³-hybridized carbons (Fsp3) is 0.714. The molecule has 1 unspecified atom stereocenters. The van der Waals surface area contributed by atoms with Crippen LogP contribution in [-0.4, -0.2) is 53.8 Å². The van der Waals surface area contributed by atoms with E-state index in [0.717, 1.165) is 64.6 Å². The molecule has 1 saturated carbocycles. The number of hydrogen-bond acceptors (Lipinski definition) is 4. The summed E-state index contributed by atoms with van der Waals surface area (Å²) in [5, 5.41) is 7.66. The maximum Gasteiger partial charge on any atom is 0.242 e. The Morgan fingerprint density at radius 3 is 2.79 bits per heavy atom. The lowest BCUT2D eigenvalue weighted by molar-refractivity contribution is -0.142. The Hall–Kier alpha value is -1.11. The quantitative estimate of drug-likeness (QED) is 0.786. The Morgan fingerprint density at radius 2 is 2.04 bits per heavy atom. The van der Waals surface area contributed by atoms with Gasteiger partial charge in [0, 0.05) is 25.6 Å². The zero-order valence-electron chi connectivity index (χ0n) is 16.5. The van der Waals surface area contributed by atoms with Crippen LogP contribution in [-0.2, 0) is 16.1 Å². The van der Waals surface area contributed by atoms with Gasteiger partial charge in [-0.25, -0.2) is 0 Å². The third-order valence-corrected chi connectivity index (χ3v) is 7.36. The van der Waals surface area contributed by atoms with Gasteiger partial charge < -0.3 is 15.1 Å². The molecule has 1 spiro atoms. The van der Waals surface area contributed by atoms with E-state index in [-0.39, 0.29) is 30.8 Å². The van der Waals surface area contributed by atoms with Crippen LogP contribution in [0, 0.1) is 5.41 Å². The molecule has 3 fully saturated rings. The summed E-state index contributed by atoms with van der Waals surface area (Å²) in [4.78, 5) is 29.7. The van der Waals surface area contributed by atoms with Crippen molar-refractivity contribution >= 4 is 35.6 Å². The molecule has 0 radical (unpaired) electrons. The lowest BCUT2D eigenvalue weighted by Gasteiger charge is -2.32. The first-order valence-corrected chi connectivity index (χ1v) is 11.4. The zero-order valence-corrected chi connectivity index (χ0v) is 18.2. The highest BCUT2D eigenvalue weighted by Crippen LogP contribution is 2.56. The molecule has 3 aliphatic rings. The predicted octanol–water partition coefficient (Wildman–Crippen LogP) is 3.43. The van der Waals surface area contributed by atoms with Gasteiger partial charge in [-0.3, -0.25) is 9.59 Å². The van der Waals surface area contributed by atoms with E-state index >= 15 is 0 Å². The summed E-state index contributed by atoms with van der Waals surface area (Å²) in [6.45, 7) is 3.79. The number of nitrogens with zero attached hydrogens (tertiary/aromatic N) is 2. The molecule has 2 amide bonds. The van der Waals surface area contributed by atoms with E-state index in [9.17, 15) is 9.59 Å². The van der Waals surface area contributed by atoms with E-state index in [1.54, 1.807) is 11.3 Å². The third-order valence-electron chi connectivity index (χ3n) is 6.62. The first kappa shape index (κ1) is 21.6. The van der Waals surface area contributed by atoms with Crippen molar-refractivity contribution in [1.29, 1.82) is 0 Å². The van der Waals surface area contributed by atoms with Gasteiger partial charge in [0.25, 0.3) is 0 Å². The van der Waals surface area contributed by atoms with Gasteiger partial charge in [0.2, 0.25) is 11.8 Å². The summed E-state index contributed by atoms with van der Waals surface area (Å²) < 4.78 is 0. The van der Waals surface area contributed by atoms with Gasteiger partial charge in [-0.15, -0.1) is 12.4 Å². The molecule has 1 atom stereocenters. The molecule has 5 nitrogen and oxygen atoms in total. The Morgan fingerprint density at radius 1 is 1.25 bits per heavy atom. The Kier molecular flexibility index (Phi) is 7.40. The van der Waals surface area contributed by atoms with Gasteiger partial charge in [0.15, 0.2) is 0 Å². The molecule has 1 aliphatic carbocycles. The standard InChI is InChI=1S/C21H31N3O2S.ClH/c25-19-5-3-1-2-4-11-23(19)15-20(26)24(14-17-6-12-27-16-17)18-13-21(18)7-9-22-10-8-21;/h6,12,16,18,22H,1-5,7-11,13-15H2;1H. The number of carbonyl (C=O) groups is 2. The summed E-state index contributed by atoms with van der Waals surface area (Å²) in [7, 11) is 0. The van der Waals surface area contributed by atoms with Crippen LogP contribution in [0.4, 0.5) is 0 Å². The molecule has 2 saturated heterocycles. The molecule has 28 heavy (non-hydrogen) atoms. The van der Waals surface area contributed by atoms with E-state index in [2.05, 4.69) is 27.0 Å². The fourth-order valence-corrected chi connectivity index (χ4v) is 5.48. The van der Waals surface area contributed by atoms with Crippen molar-refractivity contribution in [3.63, 3.8) is 0 Å². The number of thiophene rings is 1. The van der Waals surface area contributed by atoms with E-state index in [1.807, 2.05) is 4.90 Å². The summed E-state index contributed by atoms with van der Waals surface area (Å²) in [6.07, 6.45) is 8.31. The maximum atomic E-state index is 13.3. The normalized spacial score (nSPS) is 24.2. The van der Waals surface area contributed by atoms with Gasteiger partial charge in [-0.2, -0.15) is 11.3 Å². The van der Waals surface area contributed by atoms with Gasteiger partial charge in [-0.05, 0) is 73.0 Å². The molecule has 2 aliphatic heterocycles. The minimum atomic E-state index is 0. The molecule has 1 aromatic rings. The highest BCUT2D eigenvalue weighted by molar-refractivity contribution is 7.07. The number of halogens is 1. The molecule has 7 heteroatoms. The topological polar surface area (TPSA) is 52.7 Å². The Balaban J connectivity index is 0.00000225. The number of rotatable bonds is 5. The number of nitrogens with one attached hydrogen (secondary N) is 1. The molecule has 4 rings (SSSR count). The van der Waals surface area contributed by atoms with Crippen molar-refractivity contribution in [2.24, 2.45) is 5.41 Å². The predicted molar refractivity (Wildman–Crippen MR) is 115 cm³/mol. The van der Waals surface area contributed by atoms with E-state index < -0.39 is 0 Å². The maximum absolute atomic E-state index is 13.3. The number of likely N-dealkylation sites (tertiary alicyclic amines) is 1. The largest absolute Gasteiger partial charge is 0.333 e. The lowest BCUT2D eigenvalue weighted by atomic mass is 9.93. The summed E-state index contributed by atoms with van der Waals surface area (Å²) >= 11 is 1.68. The number of carbonyl (C=O) groups excluding carboxylic acids is 2. The van der Waals surface area contributed by atoms with Gasteiger partial charge in [0.1, 0.15) is 0 Å². The van der Waals surface area contributed by atoms with Crippen LogP contribution in [0.25, 0.3) is 0 Å². The first-order chi connectivity index (χ1) is 13.2. The van der Waals surface area contributed by atoms with Crippen molar-refractivity contribution in [3.05, 3.63) is 22.4 Å². The van der Waals surface area contributed by atoms with Gasteiger partial charge in [0.05, 0.1) is 6.54 Å². The third kappa shape index (κ3) is 4.89. The molecular weight excluding hydrogens is 394 g/mol. The van der Waals surface area contributed by atoms with Crippen LogP contribution in [0.3, 0.4) is 0 Å². The summed E-state index contributed by atoms with van der Waals surface area (Å²) in [6, 6.07) is 2.46. The van der Waals surface area contributed by atoms with Gasteiger partial charge >= 0.3 is 0 Å².